The molecule has 1 aliphatic rings. The van der Waals surface area contributed by atoms with E-state index in [9.17, 15) is 4.79 Å². The second-order valence-corrected chi connectivity index (χ2v) is 6.97. The van der Waals surface area contributed by atoms with E-state index in [4.69, 9.17) is 9.47 Å². The van der Waals surface area contributed by atoms with E-state index in [1.165, 1.54) is 0 Å². The summed E-state index contributed by atoms with van der Waals surface area (Å²) in [5, 5.41) is 3.13. The van der Waals surface area contributed by atoms with Crippen LogP contribution in [0.3, 0.4) is 0 Å². The molecular formula is C24H23NO3. The number of para-hydroxylation sites is 2. The predicted molar refractivity (Wildman–Crippen MR) is 109 cm³/mol. The molecule has 2 atom stereocenters. The summed E-state index contributed by atoms with van der Waals surface area (Å²) in [6, 6.07) is 27.1. The topological polar surface area (TPSA) is 47.6 Å². The van der Waals surface area contributed by atoms with E-state index < -0.39 is 0 Å². The number of ether oxygens (including phenoxy) is 2. The van der Waals surface area contributed by atoms with E-state index in [1.807, 2.05) is 91.9 Å². The van der Waals surface area contributed by atoms with Crippen LogP contribution in [0.1, 0.15) is 24.0 Å². The standard InChI is InChI=1S/C24H23NO3/c1-17(22-16-27-20-14-8-9-15-21(20)28-22)25-24(26)23(18-10-4-2-5-11-18)19-12-6-3-7-13-19/h2-15,17,22-23H,16H2,1H3,(H,25,26)/t17-,22+/m1/s1. The third kappa shape index (κ3) is 3.86. The van der Waals surface area contributed by atoms with Crippen LogP contribution in [0.25, 0.3) is 0 Å². The number of amides is 1. The van der Waals surface area contributed by atoms with Crippen molar-refractivity contribution >= 4 is 5.91 Å². The molecule has 0 fully saturated rings. The van der Waals surface area contributed by atoms with E-state index in [0.29, 0.717) is 12.4 Å². The number of carbonyl (C=O) groups is 1. The Bertz CT molecular complexity index is 887. The highest BCUT2D eigenvalue weighted by Gasteiger charge is 2.30. The van der Waals surface area contributed by atoms with Crippen LogP contribution in [-0.4, -0.2) is 24.7 Å². The zero-order valence-corrected chi connectivity index (χ0v) is 15.7. The van der Waals surface area contributed by atoms with Crippen molar-refractivity contribution in [2.75, 3.05) is 6.61 Å². The summed E-state index contributed by atoms with van der Waals surface area (Å²) in [7, 11) is 0. The van der Waals surface area contributed by atoms with Crippen molar-refractivity contribution in [1.82, 2.24) is 5.32 Å². The third-order valence-electron chi connectivity index (χ3n) is 4.99. The van der Waals surface area contributed by atoms with Gasteiger partial charge in [0.15, 0.2) is 17.6 Å². The van der Waals surface area contributed by atoms with Gasteiger partial charge in [0.1, 0.15) is 6.61 Å². The largest absolute Gasteiger partial charge is 0.486 e. The van der Waals surface area contributed by atoms with Crippen molar-refractivity contribution in [2.45, 2.75) is 25.0 Å². The first-order valence-electron chi connectivity index (χ1n) is 9.51. The zero-order chi connectivity index (χ0) is 19.3. The van der Waals surface area contributed by atoms with Crippen LogP contribution in [0.15, 0.2) is 84.9 Å². The second-order valence-electron chi connectivity index (χ2n) is 6.97. The molecule has 3 aromatic carbocycles. The minimum atomic E-state index is -0.373. The van der Waals surface area contributed by atoms with Crippen LogP contribution in [0.5, 0.6) is 11.5 Å². The Labute approximate surface area is 165 Å². The lowest BCUT2D eigenvalue weighted by atomic mass is 9.90. The molecule has 0 spiro atoms. The number of nitrogens with one attached hydrogen (secondary N) is 1. The molecular weight excluding hydrogens is 350 g/mol. The summed E-state index contributed by atoms with van der Waals surface area (Å²) in [4.78, 5) is 13.2. The number of rotatable bonds is 5. The van der Waals surface area contributed by atoms with Crippen molar-refractivity contribution in [3.63, 3.8) is 0 Å². The number of fused-ring (bicyclic) bond motifs is 1. The molecule has 1 aliphatic heterocycles. The smallest absolute Gasteiger partial charge is 0.232 e. The van der Waals surface area contributed by atoms with Gasteiger partial charge in [-0.15, -0.1) is 0 Å². The van der Waals surface area contributed by atoms with Gasteiger partial charge in [0.25, 0.3) is 0 Å². The van der Waals surface area contributed by atoms with E-state index in [0.717, 1.165) is 16.9 Å². The number of benzene rings is 3. The van der Waals surface area contributed by atoms with E-state index in [1.54, 1.807) is 0 Å². The summed E-state index contributed by atoms with van der Waals surface area (Å²) < 4.78 is 11.8. The summed E-state index contributed by atoms with van der Waals surface area (Å²) in [5.41, 5.74) is 1.93. The van der Waals surface area contributed by atoms with Gasteiger partial charge in [-0.25, -0.2) is 0 Å². The fourth-order valence-corrected chi connectivity index (χ4v) is 3.47. The predicted octanol–water partition coefficient (Wildman–Crippen LogP) is 4.16. The van der Waals surface area contributed by atoms with E-state index in [2.05, 4.69) is 5.32 Å². The Kier molecular flexibility index (Phi) is 5.29. The maximum absolute atomic E-state index is 13.2. The Balaban J connectivity index is 1.52. The Morgan fingerprint density at radius 1 is 0.857 bits per heavy atom. The van der Waals surface area contributed by atoms with Gasteiger partial charge in [0, 0.05) is 0 Å². The van der Waals surface area contributed by atoms with Gasteiger partial charge in [-0.2, -0.15) is 0 Å². The maximum Gasteiger partial charge on any atom is 0.232 e. The van der Waals surface area contributed by atoms with Crippen molar-refractivity contribution < 1.29 is 14.3 Å². The minimum Gasteiger partial charge on any atom is -0.486 e. The summed E-state index contributed by atoms with van der Waals surface area (Å²) in [6.07, 6.45) is -0.244. The molecule has 0 saturated carbocycles. The van der Waals surface area contributed by atoms with Crippen LogP contribution >= 0.6 is 0 Å². The first kappa shape index (κ1) is 18.1. The second kappa shape index (κ2) is 8.17. The number of hydrogen-bond donors (Lipinski definition) is 1. The third-order valence-corrected chi connectivity index (χ3v) is 4.99. The van der Waals surface area contributed by atoms with Gasteiger partial charge in [-0.3, -0.25) is 4.79 Å². The average molecular weight is 373 g/mol. The molecule has 4 heteroatoms. The summed E-state index contributed by atoms with van der Waals surface area (Å²) >= 11 is 0. The van der Waals surface area contributed by atoms with E-state index in [-0.39, 0.29) is 24.0 Å². The van der Waals surface area contributed by atoms with Crippen LogP contribution in [-0.2, 0) is 4.79 Å². The average Bonchev–Trinajstić information content (AvgIpc) is 2.75. The van der Waals surface area contributed by atoms with Gasteiger partial charge in [-0.05, 0) is 30.2 Å². The molecule has 0 aromatic heterocycles. The summed E-state index contributed by atoms with van der Waals surface area (Å²) in [5.74, 6) is 1.03. The highest BCUT2D eigenvalue weighted by atomic mass is 16.6. The Morgan fingerprint density at radius 3 is 2.00 bits per heavy atom. The van der Waals surface area contributed by atoms with Crippen molar-refractivity contribution in [2.24, 2.45) is 0 Å². The maximum atomic E-state index is 13.2. The van der Waals surface area contributed by atoms with Gasteiger partial charge < -0.3 is 14.8 Å². The fourth-order valence-electron chi connectivity index (χ4n) is 3.47. The fraction of sp³-hybridized carbons (Fsp3) is 0.208. The molecule has 1 N–H and O–H groups in total. The molecule has 1 amide bonds. The lowest BCUT2D eigenvalue weighted by molar-refractivity contribution is -0.123. The quantitative estimate of drug-likeness (QED) is 0.730. The van der Waals surface area contributed by atoms with Gasteiger partial charge in [0.2, 0.25) is 5.91 Å². The van der Waals surface area contributed by atoms with Crippen LogP contribution in [0, 0.1) is 0 Å². The lowest BCUT2D eigenvalue weighted by Crippen LogP contribution is -2.49. The molecule has 4 rings (SSSR count). The van der Waals surface area contributed by atoms with Gasteiger partial charge >= 0.3 is 0 Å². The molecule has 0 bridgehead atoms. The van der Waals surface area contributed by atoms with Crippen LogP contribution in [0.4, 0.5) is 0 Å². The molecule has 0 unspecified atom stereocenters. The van der Waals surface area contributed by atoms with E-state index >= 15 is 0 Å². The molecule has 0 aliphatic carbocycles. The summed E-state index contributed by atoms with van der Waals surface area (Å²) in [6.45, 7) is 2.35. The molecule has 3 aromatic rings. The van der Waals surface area contributed by atoms with Crippen molar-refractivity contribution in [1.29, 1.82) is 0 Å². The van der Waals surface area contributed by atoms with Crippen molar-refractivity contribution in [3.8, 4) is 11.5 Å². The SMILES string of the molecule is C[C@@H](NC(=O)C(c1ccccc1)c1ccccc1)[C@@H]1COc2ccccc2O1. The Hall–Kier alpha value is -3.27. The van der Waals surface area contributed by atoms with Gasteiger partial charge in [0.05, 0.1) is 12.0 Å². The lowest BCUT2D eigenvalue weighted by Gasteiger charge is -2.31. The highest BCUT2D eigenvalue weighted by molar-refractivity contribution is 5.87. The normalized spacial score (nSPS) is 16.4. The molecule has 1 heterocycles. The van der Waals surface area contributed by atoms with Crippen LogP contribution < -0.4 is 14.8 Å². The first-order valence-corrected chi connectivity index (χ1v) is 9.51. The first-order chi connectivity index (χ1) is 13.7. The number of carbonyl (C=O) groups excluding carboxylic acids is 1. The Morgan fingerprint density at radius 2 is 1.39 bits per heavy atom. The van der Waals surface area contributed by atoms with Gasteiger partial charge in [-0.1, -0.05) is 72.8 Å². The monoisotopic (exact) mass is 373 g/mol. The highest BCUT2D eigenvalue weighted by Crippen LogP contribution is 2.32. The molecule has 28 heavy (non-hydrogen) atoms. The zero-order valence-electron chi connectivity index (χ0n) is 15.7. The molecule has 0 radical (unpaired) electrons. The molecule has 142 valence electrons. The van der Waals surface area contributed by atoms with Crippen molar-refractivity contribution in [3.05, 3.63) is 96.1 Å². The molecule has 4 nitrogen and oxygen atoms in total. The van der Waals surface area contributed by atoms with Crippen LogP contribution in [0.2, 0.25) is 0 Å². The number of hydrogen-bond acceptors (Lipinski definition) is 3. The minimum absolute atomic E-state index is 0.0487. The molecule has 0 saturated heterocycles.